The maximum atomic E-state index is 5.32. The van der Waals surface area contributed by atoms with Crippen LogP contribution in [0.25, 0.3) is 0 Å². The maximum absolute atomic E-state index is 5.32. The number of hydrogen-bond donors (Lipinski definition) is 2. The number of hydrogen-bond acceptors (Lipinski definition) is 5. The van der Waals surface area contributed by atoms with Gasteiger partial charge in [-0.05, 0) is 23.3 Å². The summed E-state index contributed by atoms with van der Waals surface area (Å²) in [5.74, 6) is 2.71. The van der Waals surface area contributed by atoms with Gasteiger partial charge in [0.2, 0.25) is 5.88 Å². The molecule has 0 saturated carbocycles. The second-order valence-corrected chi connectivity index (χ2v) is 5.18. The maximum Gasteiger partial charge on any atom is 0.212 e. The number of aliphatic imine (C=N–C) groups is 1. The number of guanidine groups is 1. The zero-order chi connectivity index (χ0) is 18.1. The van der Waals surface area contributed by atoms with E-state index in [1.54, 1.807) is 34.6 Å². The monoisotopic (exact) mass is 344 g/mol. The minimum atomic E-state index is 0.597. The van der Waals surface area contributed by atoms with Crippen LogP contribution in [0.2, 0.25) is 0 Å². The highest BCUT2D eigenvalue weighted by molar-refractivity contribution is 5.79. The molecular formula is C18H24N4O3. The summed E-state index contributed by atoms with van der Waals surface area (Å²) in [6.07, 6.45) is 1.77. The van der Waals surface area contributed by atoms with Gasteiger partial charge >= 0.3 is 0 Å². The highest BCUT2D eigenvalue weighted by atomic mass is 16.5. The van der Waals surface area contributed by atoms with Gasteiger partial charge in [-0.1, -0.05) is 12.1 Å². The molecule has 0 amide bonds. The Balaban J connectivity index is 1.89. The van der Waals surface area contributed by atoms with Crippen LogP contribution in [-0.2, 0) is 13.1 Å². The standard InChI is InChI=1S/C18H24N4O3/c1-19-18(22-12-14-6-8-17(25-4)20-11-14)21-10-13-5-7-15(23-2)16(9-13)24-3/h5-9,11H,10,12H2,1-4H3,(H2,19,21,22). The fraction of sp³-hybridized carbons (Fsp3) is 0.333. The molecule has 134 valence electrons. The predicted octanol–water partition coefficient (Wildman–Crippen LogP) is 1.97. The van der Waals surface area contributed by atoms with Crippen molar-refractivity contribution in [3.63, 3.8) is 0 Å². The molecule has 0 unspecified atom stereocenters. The van der Waals surface area contributed by atoms with Gasteiger partial charge in [0.1, 0.15) is 0 Å². The Morgan fingerprint density at radius 1 is 0.920 bits per heavy atom. The summed E-state index contributed by atoms with van der Waals surface area (Å²) in [4.78, 5) is 8.40. The molecule has 0 aliphatic rings. The van der Waals surface area contributed by atoms with Gasteiger partial charge in [0.15, 0.2) is 17.5 Å². The summed E-state index contributed by atoms with van der Waals surface area (Å²) in [7, 11) is 6.57. The first-order chi connectivity index (χ1) is 12.2. The van der Waals surface area contributed by atoms with Gasteiger partial charge in [0, 0.05) is 32.4 Å². The third kappa shape index (κ3) is 5.27. The van der Waals surface area contributed by atoms with E-state index in [4.69, 9.17) is 14.2 Å². The van der Waals surface area contributed by atoms with Gasteiger partial charge in [0.05, 0.1) is 21.3 Å². The van der Waals surface area contributed by atoms with Crippen molar-refractivity contribution < 1.29 is 14.2 Å². The van der Waals surface area contributed by atoms with E-state index in [1.165, 1.54) is 0 Å². The van der Waals surface area contributed by atoms with Crippen LogP contribution in [0.1, 0.15) is 11.1 Å². The Morgan fingerprint density at radius 2 is 1.60 bits per heavy atom. The molecule has 7 nitrogen and oxygen atoms in total. The Labute approximate surface area is 148 Å². The number of nitrogens with one attached hydrogen (secondary N) is 2. The number of nitrogens with zero attached hydrogens (tertiary/aromatic N) is 2. The third-order valence-corrected chi connectivity index (χ3v) is 3.60. The second-order valence-electron chi connectivity index (χ2n) is 5.18. The average molecular weight is 344 g/mol. The quantitative estimate of drug-likeness (QED) is 0.591. The summed E-state index contributed by atoms with van der Waals surface area (Å²) >= 11 is 0. The molecule has 0 radical (unpaired) electrons. The minimum absolute atomic E-state index is 0.597. The average Bonchev–Trinajstić information content (AvgIpc) is 2.68. The van der Waals surface area contributed by atoms with Crippen molar-refractivity contribution in [3.8, 4) is 17.4 Å². The van der Waals surface area contributed by atoms with E-state index in [2.05, 4.69) is 20.6 Å². The molecule has 2 aromatic rings. The number of benzene rings is 1. The summed E-state index contributed by atoms with van der Waals surface area (Å²) < 4.78 is 15.6. The number of ether oxygens (including phenoxy) is 3. The van der Waals surface area contributed by atoms with Gasteiger partial charge in [-0.3, -0.25) is 4.99 Å². The molecule has 2 rings (SSSR count). The number of methoxy groups -OCH3 is 3. The van der Waals surface area contributed by atoms with Crippen LogP contribution in [0.5, 0.6) is 17.4 Å². The molecule has 0 spiro atoms. The van der Waals surface area contributed by atoms with Crippen LogP contribution < -0.4 is 24.8 Å². The van der Waals surface area contributed by atoms with Crippen molar-refractivity contribution in [3.05, 3.63) is 47.7 Å². The van der Waals surface area contributed by atoms with E-state index < -0.39 is 0 Å². The molecule has 1 heterocycles. The van der Waals surface area contributed by atoms with E-state index in [1.807, 2.05) is 30.3 Å². The van der Waals surface area contributed by atoms with E-state index in [-0.39, 0.29) is 0 Å². The molecule has 0 fully saturated rings. The highest BCUT2D eigenvalue weighted by Gasteiger charge is 2.05. The first kappa shape index (κ1) is 18.4. The number of pyridine rings is 1. The van der Waals surface area contributed by atoms with Crippen molar-refractivity contribution in [1.29, 1.82) is 0 Å². The van der Waals surface area contributed by atoms with E-state index >= 15 is 0 Å². The first-order valence-corrected chi connectivity index (χ1v) is 7.84. The SMILES string of the molecule is CN=C(NCc1ccc(OC)nc1)NCc1ccc(OC)c(OC)c1. The van der Waals surface area contributed by atoms with Gasteiger partial charge in [0.25, 0.3) is 0 Å². The second kappa shape index (κ2) is 9.36. The Morgan fingerprint density at radius 3 is 2.16 bits per heavy atom. The summed E-state index contributed by atoms with van der Waals surface area (Å²) in [5, 5.41) is 6.51. The zero-order valence-electron chi connectivity index (χ0n) is 15.0. The molecule has 1 aromatic heterocycles. The van der Waals surface area contributed by atoms with Crippen LogP contribution in [0.4, 0.5) is 0 Å². The normalized spacial score (nSPS) is 11.0. The molecule has 7 heteroatoms. The van der Waals surface area contributed by atoms with Gasteiger partial charge in [-0.2, -0.15) is 0 Å². The molecule has 0 aliphatic heterocycles. The number of aromatic nitrogens is 1. The topological polar surface area (TPSA) is 77.0 Å². The summed E-state index contributed by atoms with van der Waals surface area (Å²) in [6.45, 7) is 1.23. The van der Waals surface area contributed by atoms with E-state index in [0.717, 1.165) is 11.1 Å². The van der Waals surface area contributed by atoms with Crippen LogP contribution in [-0.4, -0.2) is 39.3 Å². The van der Waals surface area contributed by atoms with Gasteiger partial charge in [-0.15, -0.1) is 0 Å². The predicted molar refractivity (Wildman–Crippen MR) is 97.4 cm³/mol. The van der Waals surface area contributed by atoms with E-state index in [9.17, 15) is 0 Å². The van der Waals surface area contributed by atoms with Crippen molar-refractivity contribution in [1.82, 2.24) is 15.6 Å². The van der Waals surface area contributed by atoms with Crippen molar-refractivity contribution in [2.75, 3.05) is 28.4 Å². The lowest BCUT2D eigenvalue weighted by atomic mass is 10.2. The molecule has 25 heavy (non-hydrogen) atoms. The third-order valence-electron chi connectivity index (χ3n) is 3.60. The molecule has 0 saturated heterocycles. The fourth-order valence-corrected chi connectivity index (χ4v) is 2.22. The minimum Gasteiger partial charge on any atom is -0.493 e. The molecule has 2 N–H and O–H groups in total. The lowest BCUT2D eigenvalue weighted by Crippen LogP contribution is -2.36. The van der Waals surface area contributed by atoms with Crippen LogP contribution in [0, 0.1) is 0 Å². The van der Waals surface area contributed by atoms with E-state index in [0.29, 0.717) is 36.4 Å². The fourth-order valence-electron chi connectivity index (χ4n) is 2.22. The lowest BCUT2D eigenvalue weighted by Gasteiger charge is -2.13. The largest absolute Gasteiger partial charge is 0.493 e. The van der Waals surface area contributed by atoms with Crippen LogP contribution in [0.3, 0.4) is 0 Å². The Hall–Kier alpha value is -2.96. The van der Waals surface area contributed by atoms with Crippen molar-refractivity contribution in [2.45, 2.75) is 13.1 Å². The molecule has 0 aliphatic carbocycles. The smallest absolute Gasteiger partial charge is 0.212 e. The van der Waals surface area contributed by atoms with Gasteiger partial charge < -0.3 is 24.8 Å². The van der Waals surface area contributed by atoms with Crippen molar-refractivity contribution in [2.24, 2.45) is 4.99 Å². The zero-order valence-corrected chi connectivity index (χ0v) is 15.0. The number of rotatable bonds is 7. The molecule has 0 atom stereocenters. The summed E-state index contributed by atoms with van der Waals surface area (Å²) in [5.41, 5.74) is 2.10. The first-order valence-electron chi connectivity index (χ1n) is 7.84. The van der Waals surface area contributed by atoms with Crippen LogP contribution in [0.15, 0.2) is 41.5 Å². The lowest BCUT2D eigenvalue weighted by molar-refractivity contribution is 0.354. The molecule has 0 bridgehead atoms. The van der Waals surface area contributed by atoms with Crippen molar-refractivity contribution >= 4 is 5.96 Å². The Kier molecular flexibility index (Phi) is 6.88. The highest BCUT2D eigenvalue weighted by Crippen LogP contribution is 2.27. The van der Waals surface area contributed by atoms with Gasteiger partial charge in [-0.25, -0.2) is 4.98 Å². The Bertz CT molecular complexity index is 702. The molecule has 1 aromatic carbocycles. The molecular weight excluding hydrogens is 320 g/mol. The summed E-state index contributed by atoms with van der Waals surface area (Å²) in [6, 6.07) is 9.59. The van der Waals surface area contributed by atoms with Crippen LogP contribution >= 0.6 is 0 Å².